The van der Waals surface area contributed by atoms with E-state index in [0.29, 0.717) is 15.8 Å². The number of nitrogens with zero attached hydrogens (tertiary/aromatic N) is 3. The monoisotopic (exact) mass is 393 g/mol. The molecule has 1 aliphatic heterocycles. The number of amides is 1. The van der Waals surface area contributed by atoms with Crippen molar-refractivity contribution in [3.8, 4) is 5.69 Å². The van der Waals surface area contributed by atoms with Crippen molar-refractivity contribution in [3.05, 3.63) is 64.5 Å². The van der Waals surface area contributed by atoms with Crippen LogP contribution in [0.3, 0.4) is 0 Å². The summed E-state index contributed by atoms with van der Waals surface area (Å²) >= 11 is 6.69. The Balaban J connectivity index is 1.77. The molecule has 27 heavy (non-hydrogen) atoms. The minimum Gasteiger partial charge on any atom is -0.318 e. The molecule has 0 atom stereocenters. The van der Waals surface area contributed by atoms with Crippen molar-refractivity contribution in [3.63, 3.8) is 0 Å². The minimum absolute atomic E-state index is 0.00548. The Labute approximate surface area is 167 Å². The number of rotatable bonds is 3. The Bertz CT molecular complexity index is 1110. The molecule has 3 heterocycles. The van der Waals surface area contributed by atoms with E-state index < -0.39 is 0 Å². The number of benzene rings is 1. The summed E-state index contributed by atoms with van der Waals surface area (Å²) in [6.07, 6.45) is 3.76. The zero-order valence-electron chi connectivity index (χ0n) is 15.4. The first kappa shape index (κ1) is 17.9. The fourth-order valence-electron chi connectivity index (χ4n) is 3.45. The number of hydrogen-bond acceptors (Lipinski definition) is 4. The zero-order chi connectivity index (χ0) is 19.1. The molecule has 136 valence electrons. The lowest BCUT2D eigenvalue weighted by Crippen LogP contribution is -2.27. The molecule has 3 aromatic rings. The molecule has 1 aromatic carbocycles. The molecule has 0 unspecified atom stereocenters. The van der Waals surface area contributed by atoms with E-state index in [1.165, 1.54) is 11.8 Å². The molecule has 4 rings (SSSR count). The van der Waals surface area contributed by atoms with E-state index in [-0.39, 0.29) is 5.91 Å². The quantitative estimate of drug-likeness (QED) is 0.470. The molecule has 0 bridgehead atoms. The van der Waals surface area contributed by atoms with Crippen LogP contribution in [0.5, 0.6) is 0 Å². The lowest BCUT2D eigenvalue weighted by Gasteiger charge is -2.11. The van der Waals surface area contributed by atoms with Crippen LogP contribution in [0.2, 0.25) is 0 Å². The van der Waals surface area contributed by atoms with Crippen molar-refractivity contribution < 1.29 is 4.79 Å². The highest BCUT2D eigenvalue weighted by Crippen LogP contribution is 2.34. The number of thiocarbonyl (C=S) groups is 1. The van der Waals surface area contributed by atoms with Gasteiger partial charge >= 0.3 is 0 Å². The largest absolute Gasteiger partial charge is 0.318 e. The van der Waals surface area contributed by atoms with Gasteiger partial charge in [-0.1, -0.05) is 30.0 Å². The van der Waals surface area contributed by atoms with E-state index in [1.54, 1.807) is 11.1 Å². The van der Waals surface area contributed by atoms with Gasteiger partial charge in [-0.2, -0.15) is 0 Å². The van der Waals surface area contributed by atoms with Gasteiger partial charge < -0.3 is 4.57 Å². The summed E-state index contributed by atoms with van der Waals surface area (Å²) < 4.78 is 2.84. The van der Waals surface area contributed by atoms with Gasteiger partial charge in [-0.25, -0.2) is 0 Å². The molecular formula is C21H19N3OS2. The van der Waals surface area contributed by atoms with Gasteiger partial charge in [0, 0.05) is 35.2 Å². The Morgan fingerprint density at radius 2 is 2.04 bits per heavy atom. The minimum atomic E-state index is -0.00548. The Morgan fingerprint density at radius 3 is 2.78 bits per heavy atom. The predicted octanol–water partition coefficient (Wildman–Crippen LogP) is 4.86. The number of aromatic nitrogens is 2. The van der Waals surface area contributed by atoms with Crippen LogP contribution in [0.15, 0.2) is 47.5 Å². The van der Waals surface area contributed by atoms with Crippen molar-refractivity contribution >= 4 is 51.2 Å². The third kappa shape index (κ3) is 3.09. The lowest BCUT2D eigenvalue weighted by atomic mass is 10.2. The first-order chi connectivity index (χ1) is 13.0. The van der Waals surface area contributed by atoms with E-state index in [9.17, 15) is 4.79 Å². The van der Waals surface area contributed by atoms with Crippen LogP contribution in [0, 0.1) is 13.8 Å². The number of pyridine rings is 1. The molecule has 0 aliphatic carbocycles. The van der Waals surface area contributed by atoms with E-state index in [2.05, 4.69) is 47.7 Å². The maximum atomic E-state index is 12.5. The fourth-order valence-corrected chi connectivity index (χ4v) is 4.82. The Kier molecular flexibility index (Phi) is 4.61. The smallest absolute Gasteiger partial charge is 0.266 e. The number of carbonyl (C=O) groups is 1. The first-order valence-electron chi connectivity index (χ1n) is 8.79. The van der Waals surface area contributed by atoms with Gasteiger partial charge in [0.2, 0.25) is 0 Å². The first-order valence-corrected chi connectivity index (χ1v) is 10.0. The third-order valence-electron chi connectivity index (χ3n) is 4.79. The van der Waals surface area contributed by atoms with Crippen LogP contribution in [-0.4, -0.2) is 31.2 Å². The van der Waals surface area contributed by atoms with Gasteiger partial charge in [0.25, 0.3) is 5.91 Å². The molecular weight excluding hydrogens is 374 g/mol. The predicted molar refractivity (Wildman–Crippen MR) is 116 cm³/mol. The summed E-state index contributed by atoms with van der Waals surface area (Å²) in [6, 6.07) is 12.4. The Hall–Kier alpha value is -2.44. The number of carbonyl (C=O) groups excluding carboxylic acids is 1. The van der Waals surface area contributed by atoms with Crippen LogP contribution < -0.4 is 0 Å². The highest BCUT2D eigenvalue weighted by atomic mass is 32.2. The summed E-state index contributed by atoms with van der Waals surface area (Å²) in [7, 11) is 0. The van der Waals surface area contributed by atoms with Crippen molar-refractivity contribution in [2.45, 2.75) is 20.8 Å². The SMILES string of the molecule is CCN1C(=O)/C(=C/c2cc(C)n(-c3ccc4ncccc4c3)c2C)SC1=S. The average molecular weight is 394 g/mol. The second-order valence-electron chi connectivity index (χ2n) is 6.47. The van der Waals surface area contributed by atoms with Crippen molar-refractivity contribution in [2.24, 2.45) is 0 Å². The molecule has 1 amide bonds. The Morgan fingerprint density at radius 1 is 1.22 bits per heavy atom. The van der Waals surface area contributed by atoms with Gasteiger partial charge in [0.15, 0.2) is 0 Å². The van der Waals surface area contributed by atoms with Crippen LogP contribution in [0.4, 0.5) is 0 Å². The molecule has 0 radical (unpaired) electrons. The van der Waals surface area contributed by atoms with Crippen molar-refractivity contribution in [2.75, 3.05) is 6.54 Å². The van der Waals surface area contributed by atoms with Gasteiger partial charge in [0.05, 0.1) is 10.4 Å². The van der Waals surface area contributed by atoms with Crippen LogP contribution in [0.1, 0.15) is 23.9 Å². The number of hydrogen-bond donors (Lipinski definition) is 0. The summed E-state index contributed by atoms with van der Waals surface area (Å²) in [6.45, 7) is 6.70. The highest BCUT2D eigenvalue weighted by Gasteiger charge is 2.30. The molecule has 1 aliphatic rings. The zero-order valence-corrected chi connectivity index (χ0v) is 17.0. The van der Waals surface area contributed by atoms with E-state index in [1.807, 2.05) is 25.1 Å². The normalized spacial score (nSPS) is 16.1. The van der Waals surface area contributed by atoms with E-state index in [0.717, 1.165) is 33.5 Å². The second kappa shape index (κ2) is 6.94. The molecule has 1 fully saturated rings. The molecule has 0 spiro atoms. The van der Waals surface area contributed by atoms with E-state index in [4.69, 9.17) is 12.2 Å². The molecule has 2 aromatic heterocycles. The number of fused-ring (bicyclic) bond motifs is 1. The topological polar surface area (TPSA) is 38.1 Å². The van der Waals surface area contributed by atoms with Crippen LogP contribution >= 0.6 is 24.0 Å². The standard InChI is InChI=1S/C21H19N3OS2/c1-4-23-20(25)19(27-21(23)26)12-16-10-13(2)24(14(16)3)17-7-8-18-15(11-17)6-5-9-22-18/h5-12H,4H2,1-3H3/b19-12-. The van der Waals surface area contributed by atoms with Gasteiger partial charge in [-0.15, -0.1) is 0 Å². The average Bonchev–Trinajstić information content (AvgIpc) is 3.09. The number of thioether (sulfide) groups is 1. The fraction of sp³-hybridized carbons (Fsp3) is 0.190. The van der Waals surface area contributed by atoms with Crippen LogP contribution in [-0.2, 0) is 4.79 Å². The van der Waals surface area contributed by atoms with Gasteiger partial charge in [-0.3, -0.25) is 14.7 Å². The number of likely N-dealkylation sites (N-methyl/N-ethyl adjacent to an activating group) is 1. The van der Waals surface area contributed by atoms with Gasteiger partial charge in [-0.05, 0) is 62.7 Å². The summed E-state index contributed by atoms with van der Waals surface area (Å²) in [5.74, 6) is -0.00548. The van der Waals surface area contributed by atoms with Gasteiger partial charge in [0.1, 0.15) is 4.32 Å². The molecule has 0 saturated carbocycles. The lowest BCUT2D eigenvalue weighted by molar-refractivity contribution is -0.121. The second-order valence-corrected chi connectivity index (χ2v) is 8.14. The van der Waals surface area contributed by atoms with E-state index >= 15 is 0 Å². The maximum absolute atomic E-state index is 12.5. The van der Waals surface area contributed by atoms with Crippen molar-refractivity contribution in [1.82, 2.24) is 14.5 Å². The van der Waals surface area contributed by atoms with Crippen LogP contribution in [0.25, 0.3) is 22.7 Å². The maximum Gasteiger partial charge on any atom is 0.266 e. The molecule has 0 N–H and O–H groups in total. The molecule has 4 nitrogen and oxygen atoms in total. The highest BCUT2D eigenvalue weighted by molar-refractivity contribution is 8.26. The van der Waals surface area contributed by atoms with Crippen molar-refractivity contribution in [1.29, 1.82) is 0 Å². The summed E-state index contributed by atoms with van der Waals surface area (Å²) in [5.41, 5.74) is 5.32. The number of aryl methyl sites for hydroxylation is 1. The third-order valence-corrected chi connectivity index (χ3v) is 6.17. The molecule has 1 saturated heterocycles. The summed E-state index contributed by atoms with van der Waals surface area (Å²) in [5, 5.41) is 1.10. The molecule has 6 heteroatoms. The summed E-state index contributed by atoms with van der Waals surface area (Å²) in [4.78, 5) is 19.2.